The van der Waals surface area contributed by atoms with Crippen molar-refractivity contribution in [1.29, 1.82) is 0 Å². The van der Waals surface area contributed by atoms with Crippen LogP contribution in [0.2, 0.25) is 10.0 Å². The Morgan fingerprint density at radius 1 is 1.33 bits per heavy atom. The van der Waals surface area contributed by atoms with Crippen LogP contribution < -0.4 is 0 Å². The number of nitrogens with zero attached hydrogens (tertiary/aromatic N) is 1. The van der Waals surface area contributed by atoms with Crippen molar-refractivity contribution >= 4 is 40.7 Å². The van der Waals surface area contributed by atoms with E-state index in [0.29, 0.717) is 15.6 Å². The minimum Gasteiger partial charge on any atom is -0.292 e. The summed E-state index contributed by atoms with van der Waals surface area (Å²) >= 11 is 13.9. The van der Waals surface area contributed by atoms with Gasteiger partial charge in [0, 0.05) is 35.2 Å². The van der Waals surface area contributed by atoms with Crippen LogP contribution in [-0.2, 0) is 0 Å². The molecule has 1 aliphatic rings. The minimum atomic E-state index is -0.121. The molecule has 5 heteroatoms. The van der Waals surface area contributed by atoms with Crippen molar-refractivity contribution < 1.29 is 4.79 Å². The maximum Gasteiger partial charge on any atom is 0.181 e. The van der Waals surface area contributed by atoms with Gasteiger partial charge >= 0.3 is 0 Å². The van der Waals surface area contributed by atoms with Crippen molar-refractivity contribution in [2.45, 2.75) is 13.0 Å². The predicted octanol–water partition coefficient (Wildman–Crippen LogP) is 3.61. The zero-order valence-corrected chi connectivity index (χ0v) is 12.5. The van der Waals surface area contributed by atoms with Gasteiger partial charge in [0.15, 0.2) is 5.78 Å². The van der Waals surface area contributed by atoms with Crippen LogP contribution in [-0.4, -0.2) is 41.3 Å². The average molecular weight is 304 g/mol. The molecule has 1 unspecified atom stereocenters. The number of halogens is 2. The lowest BCUT2D eigenvalue weighted by Crippen LogP contribution is -2.43. The van der Waals surface area contributed by atoms with Crippen LogP contribution in [0.15, 0.2) is 18.2 Å². The summed E-state index contributed by atoms with van der Waals surface area (Å²) in [5.74, 6) is 2.25. The van der Waals surface area contributed by atoms with E-state index in [1.54, 1.807) is 18.2 Å². The summed E-state index contributed by atoms with van der Waals surface area (Å²) in [5.41, 5.74) is 0.562. The molecule has 0 radical (unpaired) electrons. The van der Waals surface area contributed by atoms with Gasteiger partial charge in [0.05, 0.1) is 11.1 Å². The van der Waals surface area contributed by atoms with Crippen molar-refractivity contribution in [2.75, 3.05) is 24.6 Å². The normalized spacial score (nSPS) is 18.6. The molecule has 2 rings (SSSR count). The standard InChI is InChI=1S/C13H15Cl2NOS/c1-9(16-4-6-18-7-5-16)13(17)11-3-2-10(14)8-12(11)15/h2-3,8-9H,4-7H2,1H3. The van der Waals surface area contributed by atoms with Crippen LogP contribution in [0.5, 0.6) is 0 Å². The summed E-state index contributed by atoms with van der Waals surface area (Å²) in [4.78, 5) is 14.6. The topological polar surface area (TPSA) is 20.3 Å². The molecule has 1 aromatic rings. The van der Waals surface area contributed by atoms with Crippen LogP contribution in [0.4, 0.5) is 0 Å². The van der Waals surface area contributed by atoms with Gasteiger partial charge in [-0.1, -0.05) is 23.2 Å². The van der Waals surface area contributed by atoms with Gasteiger partial charge in [0.25, 0.3) is 0 Å². The number of carbonyl (C=O) groups is 1. The monoisotopic (exact) mass is 303 g/mol. The van der Waals surface area contributed by atoms with E-state index in [0.717, 1.165) is 24.6 Å². The fourth-order valence-corrected chi connectivity index (χ4v) is 3.48. The van der Waals surface area contributed by atoms with Crippen LogP contribution in [0.1, 0.15) is 17.3 Å². The third-order valence-corrected chi connectivity index (χ3v) is 4.66. The molecular formula is C13H15Cl2NOS. The lowest BCUT2D eigenvalue weighted by Gasteiger charge is -2.31. The second-order valence-corrected chi connectivity index (χ2v) is 6.38. The lowest BCUT2D eigenvalue weighted by molar-refractivity contribution is 0.0851. The third kappa shape index (κ3) is 3.21. The van der Waals surface area contributed by atoms with Crippen molar-refractivity contribution in [3.8, 4) is 0 Å². The third-order valence-electron chi connectivity index (χ3n) is 3.17. The van der Waals surface area contributed by atoms with E-state index in [9.17, 15) is 4.79 Å². The van der Waals surface area contributed by atoms with E-state index >= 15 is 0 Å². The summed E-state index contributed by atoms with van der Waals surface area (Å²) < 4.78 is 0. The number of rotatable bonds is 3. The Balaban J connectivity index is 2.14. The number of hydrogen-bond acceptors (Lipinski definition) is 3. The number of carbonyl (C=O) groups excluding carboxylic acids is 1. The average Bonchev–Trinajstić information content (AvgIpc) is 2.38. The molecule has 1 saturated heterocycles. The summed E-state index contributed by atoms with van der Waals surface area (Å²) in [6.07, 6.45) is 0. The summed E-state index contributed by atoms with van der Waals surface area (Å²) in [5, 5.41) is 0.990. The van der Waals surface area contributed by atoms with Gasteiger partial charge in [0.1, 0.15) is 0 Å². The van der Waals surface area contributed by atoms with Crippen molar-refractivity contribution in [3.63, 3.8) is 0 Å². The SMILES string of the molecule is CC(C(=O)c1ccc(Cl)cc1Cl)N1CCSCC1. The second-order valence-electron chi connectivity index (χ2n) is 4.31. The van der Waals surface area contributed by atoms with E-state index in [-0.39, 0.29) is 11.8 Å². The fourth-order valence-electron chi connectivity index (χ4n) is 2.04. The van der Waals surface area contributed by atoms with Gasteiger partial charge in [-0.15, -0.1) is 0 Å². The maximum absolute atomic E-state index is 12.4. The molecule has 0 aromatic heterocycles. The van der Waals surface area contributed by atoms with Gasteiger partial charge in [-0.3, -0.25) is 9.69 Å². The largest absolute Gasteiger partial charge is 0.292 e. The molecule has 0 spiro atoms. The highest BCUT2D eigenvalue weighted by molar-refractivity contribution is 7.99. The predicted molar refractivity (Wildman–Crippen MR) is 79.2 cm³/mol. The first-order chi connectivity index (χ1) is 8.59. The van der Waals surface area contributed by atoms with Gasteiger partial charge in [-0.25, -0.2) is 0 Å². The van der Waals surface area contributed by atoms with E-state index < -0.39 is 0 Å². The molecule has 1 aromatic carbocycles. The smallest absolute Gasteiger partial charge is 0.181 e. The molecule has 1 atom stereocenters. The molecule has 1 heterocycles. The highest BCUT2D eigenvalue weighted by Gasteiger charge is 2.25. The van der Waals surface area contributed by atoms with E-state index in [4.69, 9.17) is 23.2 Å². The highest BCUT2D eigenvalue weighted by atomic mass is 35.5. The molecule has 1 aliphatic heterocycles. The molecule has 0 N–H and O–H groups in total. The molecule has 18 heavy (non-hydrogen) atoms. The van der Waals surface area contributed by atoms with E-state index in [1.165, 1.54) is 0 Å². The Morgan fingerprint density at radius 2 is 2.00 bits per heavy atom. The zero-order chi connectivity index (χ0) is 13.1. The van der Waals surface area contributed by atoms with Crippen LogP contribution in [0, 0.1) is 0 Å². The second kappa shape index (κ2) is 6.29. The van der Waals surface area contributed by atoms with E-state index in [1.807, 2.05) is 18.7 Å². The lowest BCUT2D eigenvalue weighted by atomic mass is 10.0. The van der Waals surface area contributed by atoms with Crippen molar-refractivity contribution in [3.05, 3.63) is 33.8 Å². The van der Waals surface area contributed by atoms with Gasteiger partial charge in [-0.05, 0) is 25.1 Å². The summed E-state index contributed by atoms with van der Waals surface area (Å²) in [7, 11) is 0. The Morgan fingerprint density at radius 3 is 2.61 bits per heavy atom. The minimum absolute atomic E-state index is 0.0727. The quantitative estimate of drug-likeness (QED) is 0.796. The Hall–Kier alpha value is -0.220. The molecule has 98 valence electrons. The first kappa shape index (κ1) is 14.2. The molecule has 1 fully saturated rings. The summed E-state index contributed by atoms with van der Waals surface area (Å²) in [6, 6.07) is 4.92. The molecule has 2 nitrogen and oxygen atoms in total. The van der Waals surface area contributed by atoms with Crippen molar-refractivity contribution in [2.24, 2.45) is 0 Å². The maximum atomic E-state index is 12.4. The summed E-state index contributed by atoms with van der Waals surface area (Å²) in [6.45, 7) is 3.87. The number of hydrogen-bond donors (Lipinski definition) is 0. The highest BCUT2D eigenvalue weighted by Crippen LogP contribution is 2.24. The molecule has 0 saturated carbocycles. The Bertz CT molecular complexity index is 447. The molecule has 0 amide bonds. The Kier molecular flexibility index (Phi) is 4.96. The first-order valence-corrected chi connectivity index (χ1v) is 7.81. The zero-order valence-electron chi connectivity index (χ0n) is 10.2. The number of benzene rings is 1. The van der Waals surface area contributed by atoms with Crippen LogP contribution >= 0.6 is 35.0 Å². The number of Topliss-reactive ketones (excluding diaryl/α,β-unsaturated/α-hetero) is 1. The number of thioether (sulfide) groups is 1. The number of ketones is 1. The molecule has 0 bridgehead atoms. The van der Waals surface area contributed by atoms with Gasteiger partial charge < -0.3 is 0 Å². The van der Waals surface area contributed by atoms with Crippen molar-refractivity contribution in [1.82, 2.24) is 4.90 Å². The molecule has 0 aliphatic carbocycles. The van der Waals surface area contributed by atoms with Gasteiger partial charge in [-0.2, -0.15) is 11.8 Å². The van der Waals surface area contributed by atoms with Gasteiger partial charge in [0.2, 0.25) is 0 Å². The first-order valence-electron chi connectivity index (χ1n) is 5.90. The van der Waals surface area contributed by atoms with Crippen LogP contribution in [0.25, 0.3) is 0 Å². The molecular weight excluding hydrogens is 289 g/mol. The van der Waals surface area contributed by atoms with Crippen LogP contribution in [0.3, 0.4) is 0 Å². The Labute approximate surface area is 122 Å². The van der Waals surface area contributed by atoms with E-state index in [2.05, 4.69) is 4.90 Å². The fraction of sp³-hybridized carbons (Fsp3) is 0.462.